The largest absolute Gasteiger partial charge is 0.508 e. The lowest BCUT2D eigenvalue weighted by atomic mass is 9.58. The number of benzene rings is 2. The first-order chi connectivity index (χ1) is 22.3. The Labute approximate surface area is 279 Å². The van der Waals surface area contributed by atoms with Gasteiger partial charge in [0.2, 0.25) is 5.78 Å². The predicted octanol–water partition coefficient (Wildman–Crippen LogP) is 8.03. The van der Waals surface area contributed by atoms with Crippen LogP contribution in [0.3, 0.4) is 0 Å². The summed E-state index contributed by atoms with van der Waals surface area (Å²) < 4.78 is 61.7. The van der Waals surface area contributed by atoms with E-state index < -0.39 is 65.9 Å². The third-order valence-electron chi connectivity index (χ3n) is 10.7. The Balaban J connectivity index is 1.59. The lowest BCUT2D eigenvalue weighted by molar-refractivity contribution is -0.138. The number of Topliss-reactive ketones (excluding diaryl/α,β-unsaturated/α-hetero) is 2. The fourth-order valence-electron chi connectivity index (χ4n) is 7.42. The first-order valence-corrected chi connectivity index (χ1v) is 19.0. The fraction of sp³-hybridized carbons (Fsp3) is 0.472. The molecule has 12 heteroatoms. The molecule has 0 amide bonds. The molecular formula is C36H41F3N2O6Si. The number of hydrogen-bond donors (Lipinski definition) is 1. The smallest absolute Gasteiger partial charge is 0.416 e. The number of ether oxygens (including phenoxy) is 1. The number of aliphatic hydroxyl groups is 1. The highest BCUT2D eigenvalue weighted by atomic mass is 28.4. The standard InChI is InChI=1S/C36H41F3N2O6Si/c1-19-14-15-23(36(37,38)39)22-16-21-17-24-28(41(5)6)30-27(33(40-46-30)45-18-20-12-10-9-11-13-20)32(44)35(24,47-48(7,8)34(2,3)4)31(43)26(21)29(42)25(19)22/h9-15,21,24,28,43H,16-18H2,1-8H3/t21-,24-,28-,35-/m0/s1. The predicted molar refractivity (Wildman–Crippen MR) is 175 cm³/mol. The Morgan fingerprint density at radius 3 is 2.33 bits per heavy atom. The average molecular weight is 683 g/mol. The molecule has 3 aliphatic rings. The molecule has 3 aliphatic carbocycles. The molecule has 2 aromatic carbocycles. The number of rotatable bonds is 6. The van der Waals surface area contributed by atoms with Gasteiger partial charge in [0.1, 0.15) is 17.9 Å². The summed E-state index contributed by atoms with van der Waals surface area (Å²) >= 11 is 0. The van der Waals surface area contributed by atoms with E-state index in [-0.39, 0.29) is 53.4 Å². The summed E-state index contributed by atoms with van der Waals surface area (Å²) in [6, 6.07) is 10.9. The van der Waals surface area contributed by atoms with Crippen LogP contribution in [0.25, 0.3) is 0 Å². The molecule has 1 aromatic heterocycles. The molecule has 48 heavy (non-hydrogen) atoms. The van der Waals surface area contributed by atoms with Crippen LogP contribution >= 0.6 is 0 Å². The second-order valence-corrected chi connectivity index (χ2v) is 19.7. The van der Waals surface area contributed by atoms with Gasteiger partial charge in [-0.25, -0.2) is 0 Å². The molecule has 1 heterocycles. The van der Waals surface area contributed by atoms with Gasteiger partial charge in [0.15, 0.2) is 25.5 Å². The van der Waals surface area contributed by atoms with E-state index in [1.165, 1.54) is 6.07 Å². The molecule has 0 saturated heterocycles. The summed E-state index contributed by atoms with van der Waals surface area (Å²) in [6.07, 6.45) is -4.73. The maximum Gasteiger partial charge on any atom is 0.416 e. The maximum absolute atomic E-state index is 15.2. The molecule has 0 unspecified atom stereocenters. The lowest BCUT2D eigenvalue weighted by Gasteiger charge is -2.55. The minimum absolute atomic E-state index is 0.0180. The number of fused-ring (bicyclic) bond motifs is 4. The summed E-state index contributed by atoms with van der Waals surface area (Å²) in [6.45, 7) is 11.6. The van der Waals surface area contributed by atoms with Gasteiger partial charge in [-0.05, 0) is 85.8 Å². The van der Waals surface area contributed by atoms with Crippen molar-refractivity contribution in [2.45, 2.75) is 83.1 Å². The van der Waals surface area contributed by atoms with Gasteiger partial charge in [-0.1, -0.05) is 57.2 Å². The average Bonchev–Trinajstić information content (AvgIpc) is 3.40. The molecule has 0 fully saturated rings. The molecule has 3 aromatic rings. The first-order valence-electron chi connectivity index (χ1n) is 16.1. The zero-order valence-corrected chi connectivity index (χ0v) is 29.4. The summed E-state index contributed by atoms with van der Waals surface area (Å²) in [4.78, 5) is 31.4. The molecule has 0 saturated carbocycles. The number of allylic oxidation sites excluding steroid dienone is 1. The van der Waals surface area contributed by atoms with Crippen LogP contribution in [0.15, 0.2) is 58.3 Å². The van der Waals surface area contributed by atoms with E-state index in [9.17, 15) is 23.1 Å². The normalized spacial score (nSPS) is 24.3. The zero-order valence-electron chi connectivity index (χ0n) is 28.4. The van der Waals surface area contributed by atoms with Crippen LogP contribution in [0.1, 0.15) is 82.0 Å². The summed E-state index contributed by atoms with van der Waals surface area (Å²) in [5, 5.41) is 16.3. The number of aromatic nitrogens is 1. The number of carbonyl (C=O) groups is 2. The fourth-order valence-corrected chi connectivity index (χ4v) is 8.87. The van der Waals surface area contributed by atoms with E-state index >= 15 is 4.79 Å². The summed E-state index contributed by atoms with van der Waals surface area (Å²) in [5.74, 6) is -3.38. The van der Waals surface area contributed by atoms with Crippen molar-refractivity contribution in [1.29, 1.82) is 0 Å². The van der Waals surface area contributed by atoms with Crippen molar-refractivity contribution in [3.63, 3.8) is 0 Å². The number of aryl methyl sites for hydroxylation is 1. The minimum Gasteiger partial charge on any atom is -0.508 e. The Morgan fingerprint density at radius 1 is 1.06 bits per heavy atom. The molecule has 6 rings (SSSR count). The van der Waals surface area contributed by atoms with Crippen LogP contribution in [0.2, 0.25) is 18.1 Å². The number of aliphatic hydroxyl groups excluding tert-OH is 1. The van der Waals surface area contributed by atoms with Crippen LogP contribution in [0.4, 0.5) is 13.2 Å². The topological polar surface area (TPSA) is 102 Å². The minimum atomic E-state index is -4.68. The highest BCUT2D eigenvalue weighted by Crippen LogP contribution is 2.60. The third-order valence-corrected chi connectivity index (χ3v) is 15.2. The van der Waals surface area contributed by atoms with Gasteiger partial charge in [-0.15, -0.1) is 0 Å². The molecule has 0 bridgehead atoms. The second kappa shape index (κ2) is 11.4. The van der Waals surface area contributed by atoms with Crippen LogP contribution in [0, 0.1) is 18.8 Å². The number of halogens is 3. The molecule has 256 valence electrons. The monoisotopic (exact) mass is 682 g/mol. The van der Waals surface area contributed by atoms with E-state index in [0.717, 1.165) is 11.6 Å². The molecule has 1 N–H and O–H groups in total. The van der Waals surface area contributed by atoms with Crippen molar-refractivity contribution >= 4 is 19.9 Å². The summed E-state index contributed by atoms with van der Waals surface area (Å²) in [5.41, 5.74) is -1.95. The van der Waals surface area contributed by atoms with Crippen LogP contribution in [0.5, 0.6) is 5.88 Å². The van der Waals surface area contributed by atoms with Crippen molar-refractivity contribution in [2.24, 2.45) is 11.8 Å². The number of ketones is 2. The molecule has 4 atom stereocenters. The van der Waals surface area contributed by atoms with E-state index in [1.807, 2.05) is 69.1 Å². The zero-order chi connectivity index (χ0) is 35.1. The van der Waals surface area contributed by atoms with Gasteiger partial charge < -0.3 is 18.8 Å². The number of carbonyl (C=O) groups excluding carboxylic acids is 2. The van der Waals surface area contributed by atoms with E-state index in [4.69, 9.17) is 13.7 Å². The van der Waals surface area contributed by atoms with Crippen molar-refractivity contribution in [3.8, 4) is 5.88 Å². The Bertz CT molecular complexity index is 1820. The van der Waals surface area contributed by atoms with Gasteiger partial charge in [0.05, 0.1) is 11.6 Å². The Morgan fingerprint density at radius 2 is 1.73 bits per heavy atom. The van der Waals surface area contributed by atoms with E-state index in [2.05, 4.69) is 5.16 Å². The quantitative estimate of drug-likeness (QED) is 0.261. The Hall–Kier alpha value is -3.74. The molecular weight excluding hydrogens is 641 g/mol. The number of hydrogen-bond acceptors (Lipinski definition) is 8. The van der Waals surface area contributed by atoms with E-state index in [1.54, 1.807) is 21.0 Å². The van der Waals surface area contributed by atoms with Gasteiger partial charge in [0.25, 0.3) is 5.88 Å². The highest BCUT2D eigenvalue weighted by molar-refractivity contribution is 6.74. The number of alkyl halides is 3. The van der Waals surface area contributed by atoms with E-state index in [0.29, 0.717) is 5.56 Å². The van der Waals surface area contributed by atoms with Gasteiger partial charge in [-0.3, -0.25) is 14.5 Å². The van der Waals surface area contributed by atoms with Crippen molar-refractivity contribution in [3.05, 3.63) is 92.9 Å². The number of nitrogens with zero attached hydrogens (tertiary/aromatic N) is 2. The lowest BCUT2D eigenvalue weighted by Crippen LogP contribution is -2.65. The highest BCUT2D eigenvalue weighted by Gasteiger charge is 2.67. The van der Waals surface area contributed by atoms with Gasteiger partial charge in [-0.2, -0.15) is 13.2 Å². The Kier molecular flexibility index (Phi) is 8.12. The van der Waals surface area contributed by atoms with Crippen molar-refractivity contribution < 1.29 is 41.6 Å². The molecule has 8 nitrogen and oxygen atoms in total. The third kappa shape index (κ3) is 5.14. The van der Waals surface area contributed by atoms with Crippen LogP contribution in [-0.2, 0) is 23.6 Å². The SMILES string of the molecule is Cc1ccc(C(F)(F)F)c2c1C(=O)C1=C(O)[C@]3(O[Si](C)(C)C(C)(C)C)C(=O)c4c(OCc5ccccc5)noc4[C@@H](N(C)C)[C@@H]3C[C@@H]1C2. The first kappa shape index (κ1) is 34.1. The van der Waals surface area contributed by atoms with Crippen LogP contribution < -0.4 is 4.74 Å². The molecule has 0 aliphatic heterocycles. The van der Waals surface area contributed by atoms with Crippen LogP contribution in [-0.4, -0.2) is 54.7 Å². The second-order valence-electron chi connectivity index (χ2n) is 15.0. The molecule has 0 radical (unpaired) electrons. The molecule has 0 spiro atoms. The van der Waals surface area contributed by atoms with Crippen molar-refractivity contribution in [2.75, 3.05) is 14.1 Å². The van der Waals surface area contributed by atoms with Crippen molar-refractivity contribution in [1.82, 2.24) is 10.1 Å². The summed E-state index contributed by atoms with van der Waals surface area (Å²) in [7, 11) is 0.650. The van der Waals surface area contributed by atoms with Gasteiger partial charge >= 0.3 is 6.18 Å². The maximum atomic E-state index is 15.2. The van der Waals surface area contributed by atoms with Gasteiger partial charge in [0, 0.05) is 17.1 Å².